The first-order chi connectivity index (χ1) is 15.1. The van der Waals surface area contributed by atoms with Gasteiger partial charge in [-0.1, -0.05) is 36.4 Å². The van der Waals surface area contributed by atoms with E-state index < -0.39 is 5.97 Å². The van der Waals surface area contributed by atoms with Gasteiger partial charge in [0.15, 0.2) is 0 Å². The zero-order valence-corrected chi connectivity index (χ0v) is 17.8. The van der Waals surface area contributed by atoms with Crippen LogP contribution in [0.25, 0.3) is 11.1 Å². The standard InChI is InChI=1S/C25H28N2O4/c1-2-31-25(30)21-15-19(17-7-4-3-5-8-17)12-13-22(21)26-23(28)20-9-6-14-27(16-20)24(29)18-10-11-18/h3-5,7-8,12-13,15,18,20H,2,6,9-11,14,16H2,1H3,(H,26,28). The number of nitrogens with one attached hydrogen (secondary N) is 1. The lowest BCUT2D eigenvalue weighted by molar-refractivity contribution is -0.135. The van der Waals surface area contributed by atoms with Crippen molar-refractivity contribution in [1.82, 2.24) is 4.90 Å². The molecular weight excluding hydrogens is 392 g/mol. The molecule has 2 aromatic carbocycles. The minimum Gasteiger partial charge on any atom is -0.462 e. The molecule has 1 N–H and O–H groups in total. The van der Waals surface area contributed by atoms with Crippen molar-refractivity contribution in [2.75, 3.05) is 25.0 Å². The van der Waals surface area contributed by atoms with E-state index in [2.05, 4.69) is 5.32 Å². The van der Waals surface area contributed by atoms with E-state index in [1.165, 1.54) is 0 Å². The Morgan fingerprint density at radius 1 is 1.00 bits per heavy atom. The number of hydrogen-bond acceptors (Lipinski definition) is 4. The molecule has 1 aliphatic carbocycles. The van der Waals surface area contributed by atoms with E-state index in [-0.39, 0.29) is 30.3 Å². The topological polar surface area (TPSA) is 75.7 Å². The fourth-order valence-corrected chi connectivity index (χ4v) is 4.06. The van der Waals surface area contributed by atoms with E-state index in [0.717, 1.165) is 43.4 Å². The minimum atomic E-state index is -0.468. The van der Waals surface area contributed by atoms with Gasteiger partial charge in [0.1, 0.15) is 0 Å². The normalized spacial score (nSPS) is 18.4. The molecule has 1 aliphatic heterocycles. The quantitative estimate of drug-likeness (QED) is 0.714. The van der Waals surface area contributed by atoms with Gasteiger partial charge in [0.05, 0.1) is 23.8 Å². The highest BCUT2D eigenvalue weighted by Gasteiger charge is 2.36. The Morgan fingerprint density at radius 3 is 2.48 bits per heavy atom. The highest BCUT2D eigenvalue weighted by molar-refractivity contribution is 6.03. The second-order valence-corrected chi connectivity index (χ2v) is 8.23. The molecule has 0 spiro atoms. The van der Waals surface area contributed by atoms with E-state index in [1.54, 1.807) is 19.1 Å². The number of nitrogens with zero attached hydrogens (tertiary/aromatic N) is 1. The molecule has 1 unspecified atom stereocenters. The Hall–Kier alpha value is -3.15. The van der Waals surface area contributed by atoms with Crippen LogP contribution in [0.2, 0.25) is 0 Å². The summed E-state index contributed by atoms with van der Waals surface area (Å²) in [6, 6.07) is 15.1. The van der Waals surface area contributed by atoms with E-state index in [9.17, 15) is 14.4 Å². The van der Waals surface area contributed by atoms with E-state index in [0.29, 0.717) is 17.8 Å². The molecule has 0 aromatic heterocycles. The number of benzene rings is 2. The number of likely N-dealkylation sites (tertiary alicyclic amines) is 1. The van der Waals surface area contributed by atoms with Gasteiger partial charge in [0, 0.05) is 19.0 Å². The molecule has 2 aromatic rings. The molecule has 1 heterocycles. The van der Waals surface area contributed by atoms with Crippen LogP contribution in [-0.2, 0) is 14.3 Å². The third-order valence-electron chi connectivity index (χ3n) is 5.91. The maximum Gasteiger partial charge on any atom is 0.340 e. The van der Waals surface area contributed by atoms with Crippen LogP contribution in [-0.4, -0.2) is 42.4 Å². The molecule has 31 heavy (non-hydrogen) atoms. The van der Waals surface area contributed by atoms with Crippen molar-refractivity contribution in [3.8, 4) is 11.1 Å². The number of carbonyl (C=O) groups is 3. The average Bonchev–Trinajstić information content (AvgIpc) is 3.65. The van der Waals surface area contributed by atoms with Gasteiger partial charge in [-0.2, -0.15) is 0 Å². The van der Waals surface area contributed by atoms with Crippen molar-refractivity contribution in [3.63, 3.8) is 0 Å². The van der Waals surface area contributed by atoms with Crippen molar-refractivity contribution >= 4 is 23.5 Å². The molecule has 6 nitrogen and oxygen atoms in total. The maximum absolute atomic E-state index is 13.0. The highest BCUT2D eigenvalue weighted by atomic mass is 16.5. The number of ether oxygens (including phenoxy) is 1. The first-order valence-corrected chi connectivity index (χ1v) is 11.0. The second kappa shape index (κ2) is 9.33. The molecule has 4 rings (SSSR count). The summed E-state index contributed by atoms with van der Waals surface area (Å²) in [7, 11) is 0. The largest absolute Gasteiger partial charge is 0.462 e. The van der Waals surface area contributed by atoms with Crippen LogP contribution < -0.4 is 5.32 Å². The smallest absolute Gasteiger partial charge is 0.340 e. The van der Waals surface area contributed by atoms with Gasteiger partial charge in [-0.05, 0) is 55.9 Å². The summed E-state index contributed by atoms with van der Waals surface area (Å²) < 4.78 is 5.23. The lowest BCUT2D eigenvalue weighted by atomic mass is 9.96. The molecule has 2 aliphatic rings. The zero-order valence-electron chi connectivity index (χ0n) is 17.8. The Bertz CT molecular complexity index is 969. The van der Waals surface area contributed by atoms with Crippen molar-refractivity contribution in [1.29, 1.82) is 0 Å². The lowest BCUT2D eigenvalue weighted by Gasteiger charge is -2.32. The fourth-order valence-electron chi connectivity index (χ4n) is 4.06. The number of rotatable bonds is 6. The fraction of sp³-hybridized carbons (Fsp3) is 0.400. The van der Waals surface area contributed by atoms with Gasteiger partial charge < -0.3 is 15.0 Å². The number of carbonyl (C=O) groups excluding carboxylic acids is 3. The molecular formula is C25H28N2O4. The molecule has 1 saturated heterocycles. The van der Waals surface area contributed by atoms with Gasteiger partial charge in [-0.3, -0.25) is 9.59 Å². The van der Waals surface area contributed by atoms with Crippen molar-refractivity contribution in [3.05, 3.63) is 54.1 Å². The molecule has 1 atom stereocenters. The predicted octanol–water partition coefficient (Wildman–Crippen LogP) is 4.12. The summed E-state index contributed by atoms with van der Waals surface area (Å²) in [6.45, 7) is 3.17. The first kappa shape index (κ1) is 21.1. The van der Waals surface area contributed by atoms with Gasteiger partial charge in [0.2, 0.25) is 11.8 Å². The summed E-state index contributed by atoms with van der Waals surface area (Å²) >= 11 is 0. The summed E-state index contributed by atoms with van der Waals surface area (Å²) in [5, 5.41) is 2.92. The van der Waals surface area contributed by atoms with Gasteiger partial charge in [-0.15, -0.1) is 0 Å². The predicted molar refractivity (Wildman–Crippen MR) is 118 cm³/mol. The van der Waals surface area contributed by atoms with Gasteiger partial charge in [0.25, 0.3) is 0 Å². The van der Waals surface area contributed by atoms with Crippen LogP contribution in [0.1, 0.15) is 43.0 Å². The number of piperidine rings is 1. The zero-order chi connectivity index (χ0) is 21.8. The molecule has 0 radical (unpaired) electrons. The Kier molecular flexibility index (Phi) is 6.35. The van der Waals surface area contributed by atoms with Crippen LogP contribution in [0, 0.1) is 11.8 Å². The monoisotopic (exact) mass is 420 g/mol. The number of amides is 2. The Balaban J connectivity index is 1.53. The summed E-state index contributed by atoms with van der Waals surface area (Å²) in [6.07, 6.45) is 3.47. The number of hydrogen-bond donors (Lipinski definition) is 1. The van der Waals surface area contributed by atoms with Crippen LogP contribution in [0.15, 0.2) is 48.5 Å². The minimum absolute atomic E-state index is 0.155. The third kappa shape index (κ3) is 4.95. The number of anilines is 1. The van der Waals surface area contributed by atoms with Crippen molar-refractivity contribution in [2.24, 2.45) is 11.8 Å². The average molecular weight is 421 g/mol. The van der Waals surface area contributed by atoms with E-state index >= 15 is 0 Å². The summed E-state index contributed by atoms with van der Waals surface area (Å²) in [5.41, 5.74) is 2.63. The second-order valence-electron chi connectivity index (χ2n) is 8.23. The Labute approximate surface area is 182 Å². The van der Waals surface area contributed by atoms with Crippen molar-refractivity contribution in [2.45, 2.75) is 32.6 Å². The van der Waals surface area contributed by atoms with Gasteiger partial charge in [-0.25, -0.2) is 4.79 Å². The molecule has 1 saturated carbocycles. The summed E-state index contributed by atoms with van der Waals surface area (Å²) in [5.74, 6) is -0.573. The maximum atomic E-state index is 13.0. The van der Waals surface area contributed by atoms with E-state index in [4.69, 9.17) is 4.74 Å². The van der Waals surface area contributed by atoms with E-state index in [1.807, 2.05) is 41.3 Å². The molecule has 6 heteroatoms. The van der Waals surface area contributed by atoms with Gasteiger partial charge >= 0.3 is 5.97 Å². The number of esters is 1. The molecule has 2 fully saturated rings. The lowest BCUT2D eigenvalue weighted by Crippen LogP contribution is -2.44. The van der Waals surface area contributed by atoms with Crippen LogP contribution in [0.5, 0.6) is 0 Å². The van der Waals surface area contributed by atoms with Crippen molar-refractivity contribution < 1.29 is 19.1 Å². The third-order valence-corrected chi connectivity index (χ3v) is 5.91. The molecule has 2 amide bonds. The van der Waals surface area contributed by atoms with Crippen LogP contribution in [0.3, 0.4) is 0 Å². The first-order valence-electron chi connectivity index (χ1n) is 11.0. The Morgan fingerprint density at radius 2 is 1.77 bits per heavy atom. The van der Waals surface area contributed by atoms with Crippen LogP contribution in [0.4, 0.5) is 5.69 Å². The highest BCUT2D eigenvalue weighted by Crippen LogP contribution is 2.33. The summed E-state index contributed by atoms with van der Waals surface area (Å²) in [4.78, 5) is 39.8. The molecule has 0 bridgehead atoms. The molecule has 162 valence electrons. The SMILES string of the molecule is CCOC(=O)c1cc(-c2ccccc2)ccc1NC(=O)C1CCCN(C(=O)C2CC2)C1. The van der Waals surface area contributed by atoms with Crippen LogP contribution >= 0.6 is 0 Å².